The van der Waals surface area contributed by atoms with E-state index in [9.17, 15) is 4.79 Å². The first-order valence-corrected chi connectivity index (χ1v) is 8.33. The minimum Gasteiger partial charge on any atom is -0.496 e. The number of nitrogens with one attached hydrogen (secondary N) is 1. The number of ether oxygens (including phenoxy) is 1. The second kappa shape index (κ2) is 9.08. The van der Waals surface area contributed by atoms with Crippen LogP contribution in [-0.4, -0.2) is 45.6 Å². The van der Waals surface area contributed by atoms with E-state index in [1.54, 1.807) is 7.11 Å². The van der Waals surface area contributed by atoms with Crippen molar-refractivity contribution in [2.45, 2.75) is 13.1 Å². The molecule has 2 rings (SSSR count). The molecule has 0 radical (unpaired) electrons. The van der Waals surface area contributed by atoms with Crippen molar-refractivity contribution in [1.29, 1.82) is 0 Å². The van der Waals surface area contributed by atoms with E-state index in [2.05, 4.69) is 22.3 Å². The summed E-state index contributed by atoms with van der Waals surface area (Å²) in [5.74, 6) is 0.852. The van der Waals surface area contributed by atoms with Crippen molar-refractivity contribution in [2.75, 3.05) is 39.7 Å². The van der Waals surface area contributed by atoms with Crippen LogP contribution in [0.5, 0.6) is 5.75 Å². The van der Waals surface area contributed by atoms with Crippen molar-refractivity contribution in [3.63, 3.8) is 0 Å². The molecule has 0 saturated carbocycles. The first kappa shape index (κ1) is 18.8. The Morgan fingerprint density at radius 1 is 1.04 bits per heavy atom. The molecule has 0 fully saturated rings. The zero-order valence-corrected chi connectivity index (χ0v) is 15.5. The van der Waals surface area contributed by atoms with Gasteiger partial charge >= 0.3 is 0 Å². The molecule has 2 aromatic rings. The predicted octanol–water partition coefficient (Wildman–Crippen LogP) is 2.51. The predicted molar refractivity (Wildman–Crippen MR) is 102 cm³/mol. The number of methoxy groups -OCH3 is 1. The lowest BCUT2D eigenvalue weighted by Crippen LogP contribution is -2.34. The highest BCUT2D eigenvalue weighted by Crippen LogP contribution is 2.18. The van der Waals surface area contributed by atoms with Crippen LogP contribution in [0.15, 0.2) is 48.5 Å². The van der Waals surface area contributed by atoms with Gasteiger partial charge in [-0.2, -0.15) is 0 Å². The summed E-state index contributed by atoms with van der Waals surface area (Å²) in [6.45, 7) is 1.54. The summed E-state index contributed by atoms with van der Waals surface area (Å²) in [5.41, 5.74) is 3.30. The van der Waals surface area contributed by atoms with E-state index in [1.165, 1.54) is 0 Å². The monoisotopic (exact) mass is 341 g/mol. The number of hydrogen-bond acceptors (Lipinski definition) is 4. The van der Waals surface area contributed by atoms with Gasteiger partial charge in [0.1, 0.15) is 5.75 Å². The Hall–Kier alpha value is -2.53. The van der Waals surface area contributed by atoms with Gasteiger partial charge in [-0.3, -0.25) is 9.69 Å². The number of anilines is 1. The molecule has 25 heavy (non-hydrogen) atoms. The van der Waals surface area contributed by atoms with Gasteiger partial charge in [-0.25, -0.2) is 0 Å². The molecule has 5 nitrogen and oxygen atoms in total. The largest absolute Gasteiger partial charge is 0.496 e. The topological polar surface area (TPSA) is 44.8 Å². The number of hydrogen-bond donors (Lipinski definition) is 1. The van der Waals surface area contributed by atoms with Crippen LogP contribution in [0, 0.1) is 0 Å². The van der Waals surface area contributed by atoms with Gasteiger partial charge in [0.15, 0.2) is 0 Å². The maximum absolute atomic E-state index is 12.2. The molecular formula is C20H27N3O2. The van der Waals surface area contributed by atoms with Gasteiger partial charge in [0.2, 0.25) is 5.91 Å². The first-order chi connectivity index (χ1) is 12.0. The molecule has 2 aromatic carbocycles. The van der Waals surface area contributed by atoms with Crippen molar-refractivity contribution in [2.24, 2.45) is 0 Å². The second-order valence-electron chi connectivity index (χ2n) is 6.32. The summed E-state index contributed by atoms with van der Waals surface area (Å²) in [7, 11) is 7.60. The molecule has 0 saturated heterocycles. The zero-order chi connectivity index (χ0) is 18.2. The molecule has 1 N–H and O–H groups in total. The Balaban J connectivity index is 1.81. The van der Waals surface area contributed by atoms with Crippen LogP contribution >= 0.6 is 0 Å². The molecule has 1 amide bonds. The maximum atomic E-state index is 12.2. The summed E-state index contributed by atoms with van der Waals surface area (Å²) in [6.07, 6.45) is 0. The number of amides is 1. The number of carbonyl (C=O) groups excluding carboxylic acids is 1. The van der Waals surface area contributed by atoms with Crippen LogP contribution in [0.2, 0.25) is 0 Å². The number of carbonyl (C=O) groups is 1. The van der Waals surface area contributed by atoms with Crippen molar-refractivity contribution in [3.8, 4) is 5.75 Å². The van der Waals surface area contributed by atoms with Crippen LogP contribution < -0.4 is 15.0 Å². The van der Waals surface area contributed by atoms with Crippen molar-refractivity contribution >= 4 is 11.6 Å². The number of para-hydroxylation sites is 1. The fraction of sp³-hybridized carbons (Fsp3) is 0.350. The van der Waals surface area contributed by atoms with Crippen LogP contribution in [0.25, 0.3) is 0 Å². The lowest BCUT2D eigenvalue weighted by molar-refractivity contribution is -0.122. The van der Waals surface area contributed by atoms with Crippen LogP contribution in [-0.2, 0) is 17.9 Å². The lowest BCUT2D eigenvalue weighted by atomic mass is 10.2. The smallest absolute Gasteiger partial charge is 0.234 e. The van der Waals surface area contributed by atoms with E-state index < -0.39 is 0 Å². The van der Waals surface area contributed by atoms with Crippen molar-refractivity contribution in [1.82, 2.24) is 10.2 Å². The lowest BCUT2D eigenvalue weighted by Gasteiger charge is -2.18. The Kier molecular flexibility index (Phi) is 6.83. The van der Waals surface area contributed by atoms with E-state index >= 15 is 0 Å². The number of benzene rings is 2. The molecule has 0 bridgehead atoms. The van der Waals surface area contributed by atoms with E-state index in [0.717, 1.165) is 22.6 Å². The summed E-state index contributed by atoms with van der Waals surface area (Å²) in [5, 5.41) is 2.97. The van der Waals surface area contributed by atoms with Gasteiger partial charge in [0.25, 0.3) is 0 Å². The normalized spacial score (nSPS) is 10.6. The molecule has 0 aliphatic carbocycles. The molecule has 0 spiro atoms. The van der Waals surface area contributed by atoms with Crippen molar-refractivity contribution in [3.05, 3.63) is 59.7 Å². The van der Waals surface area contributed by atoms with E-state index in [1.807, 2.05) is 62.4 Å². The van der Waals surface area contributed by atoms with Crippen LogP contribution in [0.3, 0.4) is 0 Å². The minimum atomic E-state index is 0.00841. The third-order valence-corrected chi connectivity index (χ3v) is 3.99. The zero-order valence-electron chi connectivity index (χ0n) is 15.5. The molecule has 0 unspecified atom stereocenters. The molecule has 0 heterocycles. The summed E-state index contributed by atoms with van der Waals surface area (Å²) < 4.78 is 5.35. The second-order valence-corrected chi connectivity index (χ2v) is 6.32. The third kappa shape index (κ3) is 5.80. The molecule has 134 valence electrons. The highest BCUT2D eigenvalue weighted by molar-refractivity contribution is 5.78. The third-order valence-electron chi connectivity index (χ3n) is 3.99. The van der Waals surface area contributed by atoms with Crippen LogP contribution in [0.1, 0.15) is 11.1 Å². The Morgan fingerprint density at radius 2 is 1.72 bits per heavy atom. The maximum Gasteiger partial charge on any atom is 0.234 e. The van der Waals surface area contributed by atoms with E-state index in [4.69, 9.17) is 4.74 Å². The van der Waals surface area contributed by atoms with Crippen molar-refractivity contribution < 1.29 is 9.53 Å². The number of nitrogens with zero attached hydrogens (tertiary/aromatic N) is 2. The standard InChI is InChI=1S/C20H27N3O2/c1-22(2)18-11-9-16(10-12-18)13-21-20(24)15-23(3)14-17-7-5-6-8-19(17)25-4/h5-12H,13-15H2,1-4H3,(H,21,24). The molecule has 0 aromatic heterocycles. The van der Waals surface area contributed by atoms with Gasteiger partial charge < -0.3 is 15.0 Å². The Labute approximate surface area is 150 Å². The first-order valence-electron chi connectivity index (χ1n) is 8.33. The summed E-state index contributed by atoms with van der Waals surface area (Å²) in [6, 6.07) is 16.0. The Bertz CT molecular complexity index is 684. The molecular weight excluding hydrogens is 314 g/mol. The average molecular weight is 341 g/mol. The molecule has 0 atom stereocenters. The summed E-state index contributed by atoms with van der Waals surface area (Å²) >= 11 is 0. The SMILES string of the molecule is COc1ccccc1CN(C)CC(=O)NCc1ccc(N(C)C)cc1. The van der Waals surface area contributed by atoms with Gasteiger partial charge in [-0.05, 0) is 30.8 Å². The molecule has 0 aliphatic rings. The van der Waals surface area contributed by atoms with Gasteiger partial charge in [0, 0.05) is 38.4 Å². The quantitative estimate of drug-likeness (QED) is 0.801. The fourth-order valence-corrected chi connectivity index (χ4v) is 2.59. The molecule has 0 aliphatic heterocycles. The summed E-state index contributed by atoms with van der Waals surface area (Å²) in [4.78, 5) is 16.2. The van der Waals surface area contributed by atoms with Gasteiger partial charge in [-0.1, -0.05) is 30.3 Å². The number of rotatable bonds is 8. The highest BCUT2D eigenvalue weighted by Gasteiger charge is 2.09. The highest BCUT2D eigenvalue weighted by atomic mass is 16.5. The fourth-order valence-electron chi connectivity index (χ4n) is 2.59. The number of likely N-dealkylation sites (N-methyl/N-ethyl adjacent to an activating group) is 1. The van der Waals surface area contributed by atoms with E-state index in [-0.39, 0.29) is 5.91 Å². The van der Waals surface area contributed by atoms with Crippen LogP contribution in [0.4, 0.5) is 5.69 Å². The Morgan fingerprint density at radius 3 is 2.36 bits per heavy atom. The molecule has 5 heteroatoms. The van der Waals surface area contributed by atoms with Gasteiger partial charge in [0.05, 0.1) is 13.7 Å². The minimum absolute atomic E-state index is 0.00841. The van der Waals surface area contributed by atoms with E-state index in [0.29, 0.717) is 19.6 Å². The average Bonchev–Trinajstić information content (AvgIpc) is 2.60. The van der Waals surface area contributed by atoms with Gasteiger partial charge in [-0.15, -0.1) is 0 Å².